The van der Waals surface area contributed by atoms with Crippen LogP contribution in [0.2, 0.25) is 0 Å². The van der Waals surface area contributed by atoms with E-state index in [1.165, 1.54) is 16.1 Å². The molecule has 1 heterocycles. The lowest BCUT2D eigenvalue weighted by Gasteiger charge is -2.20. The van der Waals surface area contributed by atoms with Crippen molar-refractivity contribution in [1.29, 1.82) is 0 Å². The van der Waals surface area contributed by atoms with Crippen LogP contribution >= 0.6 is 11.8 Å². The minimum atomic E-state index is -3.53. The first-order valence-corrected chi connectivity index (χ1v) is 13.2. The molecule has 0 atom stereocenters. The molecule has 2 amide bonds. The molecule has 0 fully saturated rings. The summed E-state index contributed by atoms with van der Waals surface area (Å²) in [6.45, 7) is 6.94. The quantitative estimate of drug-likeness (QED) is 0.601. The summed E-state index contributed by atoms with van der Waals surface area (Å²) in [6, 6.07) is 12.5. The van der Waals surface area contributed by atoms with Gasteiger partial charge in [0.2, 0.25) is 21.8 Å². The molecule has 1 aliphatic heterocycles. The maximum absolute atomic E-state index is 12.8. The van der Waals surface area contributed by atoms with Crippen LogP contribution in [-0.2, 0) is 26.0 Å². The van der Waals surface area contributed by atoms with Gasteiger partial charge in [-0.3, -0.25) is 9.59 Å². The van der Waals surface area contributed by atoms with Gasteiger partial charge in [0.15, 0.2) is 0 Å². The van der Waals surface area contributed by atoms with Crippen LogP contribution in [0.25, 0.3) is 0 Å². The second kappa shape index (κ2) is 10.5. The van der Waals surface area contributed by atoms with Crippen molar-refractivity contribution in [1.82, 2.24) is 4.31 Å². The average molecular weight is 476 g/mol. The largest absolute Gasteiger partial charge is 0.325 e. The first-order valence-electron chi connectivity index (χ1n) is 10.6. The predicted octanol–water partition coefficient (Wildman–Crippen LogP) is 3.29. The second-order valence-corrected chi connectivity index (χ2v) is 10.5. The summed E-state index contributed by atoms with van der Waals surface area (Å²) in [7, 11) is -3.53. The van der Waals surface area contributed by atoms with E-state index in [0.29, 0.717) is 26.1 Å². The van der Waals surface area contributed by atoms with Crippen molar-refractivity contribution in [2.45, 2.75) is 32.1 Å². The Hall–Kier alpha value is -2.36. The Morgan fingerprint density at radius 1 is 1.06 bits per heavy atom. The van der Waals surface area contributed by atoms with Crippen molar-refractivity contribution in [2.75, 3.05) is 41.4 Å². The van der Waals surface area contributed by atoms with Gasteiger partial charge in [-0.15, -0.1) is 11.8 Å². The maximum Gasteiger partial charge on any atom is 0.243 e. The summed E-state index contributed by atoms with van der Waals surface area (Å²) in [4.78, 5) is 26.8. The number of amides is 2. The molecular formula is C23H29N3O4S2. The van der Waals surface area contributed by atoms with Gasteiger partial charge in [0.1, 0.15) is 0 Å². The molecule has 3 rings (SSSR count). The van der Waals surface area contributed by atoms with E-state index in [1.807, 2.05) is 45.0 Å². The Morgan fingerprint density at radius 2 is 1.75 bits per heavy atom. The number of fused-ring (bicyclic) bond motifs is 1. The number of hydrogen-bond donors (Lipinski definition) is 1. The fourth-order valence-electron chi connectivity index (χ4n) is 3.65. The van der Waals surface area contributed by atoms with E-state index in [1.54, 1.807) is 23.1 Å². The Balaban J connectivity index is 1.57. The van der Waals surface area contributed by atoms with Crippen molar-refractivity contribution in [2.24, 2.45) is 0 Å². The Labute approximate surface area is 194 Å². The normalized spacial score (nSPS) is 13.3. The van der Waals surface area contributed by atoms with Gasteiger partial charge in [0.25, 0.3) is 0 Å². The first-order chi connectivity index (χ1) is 15.3. The van der Waals surface area contributed by atoms with Gasteiger partial charge in [-0.2, -0.15) is 4.31 Å². The zero-order chi connectivity index (χ0) is 23.3. The summed E-state index contributed by atoms with van der Waals surface area (Å²) < 4.78 is 27.0. The predicted molar refractivity (Wildman–Crippen MR) is 130 cm³/mol. The molecule has 32 heavy (non-hydrogen) atoms. The Bertz CT molecular complexity index is 1080. The number of benzene rings is 2. The minimum absolute atomic E-state index is 0.0868. The molecule has 0 unspecified atom stereocenters. The highest BCUT2D eigenvalue weighted by Gasteiger charge is 2.28. The van der Waals surface area contributed by atoms with Gasteiger partial charge in [-0.25, -0.2) is 8.42 Å². The molecule has 2 aromatic carbocycles. The van der Waals surface area contributed by atoms with Crippen molar-refractivity contribution in [3.63, 3.8) is 0 Å². The molecular weight excluding hydrogens is 446 g/mol. The van der Waals surface area contributed by atoms with Crippen LogP contribution in [0.15, 0.2) is 47.4 Å². The van der Waals surface area contributed by atoms with Crippen molar-refractivity contribution >= 4 is 45.0 Å². The van der Waals surface area contributed by atoms with Gasteiger partial charge >= 0.3 is 0 Å². The van der Waals surface area contributed by atoms with Crippen LogP contribution in [0.5, 0.6) is 0 Å². The number of thioether (sulfide) groups is 1. The van der Waals surface area contributed by atoms with E-state index in [9.17, 15) is 18.0 Å². The van der Waals surface area contributed by atoms with Crippen molar-refractivity contribution in [3.05, 3.63) is 53.6 Å². The topological polar surface area (TPSA) is 86.8 Å². The van der Waals surface area contributed by atoms with Crippen LogP contribution in [-0.4, -0.2) is 55.7 Å². The van der Waals surface area contributed by atoms with Crippen molar-refractivity contribution in [3.8, 4) is 0 Å². The molecule has 172 valence electrons. The number of carbonyl (C=O) groups excluding carboxylic acids is 2. The van der Waals surface area contributed by atoms with E-state index in [-0.39, 0.29) is 28.2 Å². The third-order valence-corrected chi connectivity index (χ3v) is 8.35. The number of hydrogen-bond acceptors (Lipinski definition) is 5. The van der Waals surface area contributed by atoms with Gasteiger partial charge < -0.3 is 10.2 Å². The van der Waals surface area contributed by atoms with Gasteiger partial charge in [-0.1, -0.05) is 31.5 Å². The fourth-order valence-corrected chi connectivity index (χ4v) is 5.85. The van der Waals surface area contributed by atoms with Crippen LogP contribution in [0.3, 0.4) is 0 Å². The van der Waals surface area contributed by atoms with Crippen molar-refractivity contribution < 1.29 is 18.0 Å². The highest BCUT2D eigenvalue weighted by atomic mass is 32.2. The number of nitrogens with zero attached hydrogens (tertiary/aromatic N) is 2. The molecule has 2 aromatic rings. The third kappa shape index (κ3) is 5.51. The SMILES string of the molecule is CCN(CC)S(=O)(=O)c1ccc2c(c1)CCN2C(=O)CSCC(=O)Nc1ccc(C)cc1. The summed E-state index contributed by atoms with van der Waals surface area (Å²) in [5.74, 6) is 0.123. The standard InChI is InChI=1S/C23H29N3O4S2/c1-4-25(5-2)32(29,30)20-10-11-21-18(14-20)12-13-26(21)23(28)16-31-15-22(27)24-19-8-6-17(3)7-9-19/h6-11,14H,4-5,12-13,15-16H2,1-3H3,(H,24,27). The molecule has 1 aliphatic rings. The zero-order valence-electron chi connectivity index (χ0n) is 18.6. The molecule has 0 saturated carbocycles. The number of anilines is 2. The number of aryl methyl sites for hydroxylation is 1. The summed E-state index contributed by atoms with van der Waals surface area (Å²) in [6.07, 6.45) is 0.612. The Kier molecular flexibility index (Phi) is 7.97. The Morgan fingerprint density at radius 3 is 2.41 bits per heavy atom. The van der Waals surface area contributed by atoms with E-state index in [2.05, 4.69) is 5.32 Å². The lowest BCUT2D eigenvalue weighted by atomic mass is 10.2. The summed E-state index contributed by atoms with van der Waals surface area (Å²) in [5, 5.41) is 2.82. The number of sulfonamides is 1. The molecule has 7 nitrogen and oxygen atoms in total. The van der Waals surface area contributed by atoms with Crippen LogP contribution in [0.4, 0.5) is 11.4 Å². The molecule has 0 bridgehead atoms. The minimum Gasteiger partial charge on any atom is -0.325 e. The molecule has 0 spiro atoms. The monoisotopic (exact) mass is 475 g/mol. The smallest absolute Gasteiger partial charge is 0.243 e. The highest BCUT2D eigenvalue weighted by Crippen LogP contribution is 2.31. The summed E-state index contributed by atoms with van der Waals surface area (Å²) >= 11 is 1.26. The van der Waals surface area contributed by atoms with E-state index >= 15 is 0 Å². The molecule has 9 heteroatoms. The van der Waals surface area contributed by atoms with Crippen LogP contribution in [0.1, 0.15) is 25.0 Å². The molecule has 0 saturated heterocycles. The molecule has 1 N–H and O–H groups in total. The number of rotatable bonds is 9. The lowest BCUT2D eigenvalue weighted by Crippen LogP contribution is -2.31. The summed E-state index contributed by atoms with van der Waals surface area (Å²) in [5.41, 5.74) is 3.45. The van der Waals surface area contributed by atoms with E-state index < -0.39 is 10.0 Å². The van der Waals surface area contributed by atoms with Crippen LogP contribution in [0, 0.1) is 6.92 Å². The van der Waals surface area contributed by atoms with Crippen LogP contribution < -0.4 is 10.2 Å². The average Bonchev–Trinajstić information content (AvgIpc) is 3.19. The first kappa shape index (κ1) is 24.3. The zero-order valence-corrected chi connectivity index (χ0v) is 20.3. The van der Waals surface area contributed by atoms with Gasteiger partial charge in [0.05, 0.1) is 16.4 Å². The maximum atomic E-state index is 12.8. The van der Waals surface area contributed by atoms with Gasteiger partial charge in [0, 0.05) is 31.0 Å². The van der Waals surface area contributed by atoms with Gasteiger partial charge in [-0.05, 0) is 49.2 Å². The fraction of sp³-hybridized carbons (Fsp3) is 0.391. The molecule has 0 aromatic heterocycles. The highest BCUT2D eigenvalue weighted by molar-refractivity contribution is 8.00. The number of carbonyl (C=O) groups is 2. The molecule has 0 aliphatic carbocycles. The van der Waals surface area contributed by atoms with E-state index in [0.717, 1.165) is 22.5 Å². The molecule has 0 radical (unpaired) electrons. The van der Waals surface area contributed by atoms with E-state index in [4.69, 9.17) is 0 Å². The second-order valence-electron chi connectivity index (χ2n) is 7.58. The lowest BCUT2D eigenvalue weighted by molar-refractivity contribution is -0.116. The number of nitrogens with one attached hydrogen (secondary N) is 1. The third-order valence-electron chi connectivity index (χ3n) is 5.38.